The number of aryl methyl sites for hydroxylation is 2. The van der Waals surface area contributed by atoms with Crippen LogP contribution in [-0.4, -0.2) is 16.8 Å². The highest BCUT2D eigenvalue weighted by molar-refractivity contribution is 7.16. The van der Waals surface area contributed by atoms with E-state index in [-0.39, 0.29) is 18.2 Å². The van der Waals surface area contributed by atoms with Crippen molar-refractivity contribution in [3.8, 4) is 11.3 Å². The van der Waals surface area contributed by atoms with Crippen molar-refractivity contribution in [2.45, 2.75) is 33.2 Å². The lowest BCUT2D eigenvalue weighted by atomic mass is 10.0. The van der Waals surface area contributed by atoms with E-state index in [0.29, 0.717) is 16.4 Å². The highest BCUT2D eigenvalue weighted by Crippen LogP contribution is 2.31. The van der Waals surface area contributed by atoms with Crippen LogP contribution in [0.25, 0.3) is 11.3 Å². The SMILES string of the molecule is CC(=O)NC(CC(=O)Nc1nc(-c2ccc(F)c(F)c2)c(C)s1)c1ccc(C)cc1. The van der Waals surface area contributed by atoms with Crippen LogP contribution in [0.2, 0.25) is 0 Å². The Kier molecular flexibility index (Phi) is 6.56. The van der Waals surface area contributed by atoms with Crippen LogP contribution in [-0.2, 0) is 9.59 Å². The Balaban J connectivity index is 1.75. The molecule has 1 heterocycles. The summed E-state index contributed by atoms with van der Waals surface area (Å²) in [6, 6.07) is 10.7. The number of halogens is 2. The number of thiazole rings is 1. The van der Waals surface area contributed by atoms with Gasteiger partial charge < -0.3 is 10.6 Å². The van der Waals surface area contributed by atoms with Crippen molar-refractivity contribution in [3.05, 3.63) is 70.1 Å². The molecule has 8 heteroatoms. The standard InChI is InChI=1S/C22H21F2N3O2S/c1-12-4-6-15(7-5-12)19(25-14(3)28)11-20(29)26-22-27-21(13(2)30-22)16-8-9-17(23)18(24)10-16/h4-10,19H,11H2,1-3H3,(H,25,28)(H,26,27,29). The molecule has 156 valence electrons. The summed E-state index contributed by atoms with van der Waals surface area (Å²) < 4.78 is 26.7. The van der Waals surface area contributed by atoms with Crippen molar-refractivity contribution < 1.29 is 18.4 Å². The molecule has 0 saturated carbocycles. The minimum atomic E-state index is -0.957. The van der Waals surface area contributed by atoms with Crippen LogP contribution in [0.4, 0.5) is 13.9 Å². The second kappa shape index (κ2) is 9.13. The molecule has 3 rings (SSSR count). The van der Waals surface area contributed by atoms with E-state index in [1.165, 1.54) is 24.3 Å². The van der Waals surface area contributed by atoms with Crippen LogP contribution in [0.5, 0.6) is 0 Å². The number of amides is 2. The van der Waals surface area contributed by atoms with Crippen LogP contribution in [0.15, 0.2) is 42.5 Å². The average molecular weight is 429 g/mol. The molecule has 0 saturated heterocycles. The summed E-state index contributed by atoms with van der Waals surface area (Å²) in [7, 11) is 0. The highest BCUT2D eigenvalue weighted by Gasteiger charge is 2.19. The van der Waals surface area contributed by atoms with E-state index in [2.05, 4.69) is 15.6 Å². The van der Waals surface area contributed by atoms with Gasteiger partial charge in [-0.05, 0) is 37.6 Å². The number of hydrogen-bond acceptors (Lipinski definition) is 4. The number of aromatic nitrogens is 1. The third-order valence-electron chi connectivity index (χ3n) is 4.48. The predicted octanol–water partition coefficient (Wildman–Crippen LogP) is 4.91. The van der Waals surface area contributed by atoms with Gasteiger partial charge in [0.1, 0.15) is 0 Å². The van der Waals surface area contributed by atoms with Crippen molar-refractivity contribution in [1.29, 1.82) is 0 Å². The van der Waals surface area contributed by atoms with E-state index in [1.54, 1.807) is 6.92 Å². The van der Waals surface area contributed by atoms with Gasteiger partial charge >= 0.3 is 0 Å². The second-order valence-corrected chi connectivity index (χ2v) is 8.17. The van der Waals surface area contributed by atoms with Crippen molar-refractivity contribution in [1.82, 2.24) is 10.3 Å². The van der Waals surface area contributed by atoms with E-state index in [1.807, 2.05) is 31.2 Å². The monoisotopic (exact) mass is 429 g/mol. The fraction of sp³-hybridized carbons (Fsp3) is 0.227. The Morgan fingerprint density at radius 1 is 1.07 bits per heavy atom. The molecule has 0 aliphatic carbocycles. The number of benzene rings is 2. The molecule has 30 heavy (non-hydrogen) atoms. The fourth-order valence-corrected chi connectivity index (χ4v) is 3.87. The summed E-state index contributed by atoms with van der Waals surface area (Å²) in [5, 5.41) is 5.88. The largest absolute Gasteiger partial charge is 0.349 e. The van der Waals surface area contributed by atoms with Crippen LogP contribution >= 0.6 is 11.3 Å². The summed E-state index contributed by atoms with van der Waals surface area (Å²) in [6.45, 7) is 5.15. The van der Waals surface area contributed by atoms with Gasteiger partial charge in [0.2, 0.25) is 11.8 Å². The maximum absolute atomic E-state index is 13.5. The zero-order valence-electron chi connectivity index (χ0n) is 16.8. The first kappa shape index (κ1) is 21.6. The molecule has 5 nitrogen and oxygen atoms in total. The van der Waals surface area contributed by atoms with Crippen molar-refractivity contribution in [2.24, 2.45) is 0 Å². The number of anilines is 1. The van der Waals surface area contributed by atoms with E-state index in [9.17, 15) is 18.4 Å². The van der Waals surface area contributed by atoms with Crippen molar-refractivity contribution >= 4 is 28.3 Å². The van der Waals surface area contributed by atoms with Crippen LogP contribution in [0.3, 0.4) is 0 Å². The Morgan fingerprint density at radius 2 is 1.77 bits per heavy atom. The molecular formula is C22H21F2N3O2S. The number of nitrogens with one attached hydrogen (secondary N) is 2. The topological polar surface area (TPSA) is 71.1 Å². The smallest absolute Gasteiger partial charge is 0.228 e. The molecule has 2 amide bonds. The molecule has 1 atom stereocenters. The van der Waals surface area contributed by atoms with E-state index < -0.39 is 17.7 Å². The number of rotatable bonds is 6. The van der Waals surface area contributed by atoms with E-state index >= 15 is 0 Å². The summed E-state index contributed by atoms with van der Waals surface area (Å²) in [6.07, 6.45) is 0.0295. The fourth-order valence-electron chi connectivity index (χ4n) is 3.01. The van der Waals surface area contributed by atoms with Crippen molar-refractivity contribution in [2.75, 3.05) is 5.32 Å². The minimum Gasteiger partial charge on any atom is -0.349 e. The molecule has 3 aromatic rings. The molecule has 0 aliphatic rings. The van der Waals surface area contributed by atoms with Crippen LogP contribution in [0, 0.1) is 25.5 Å². The second-order valence-electron chi connectivity index (χ2n) is 6.97. The quantitative estimate of drug-likeness (QED) is 0.585. The van der Waals surface area contributed by atoms with E-state index in [4.69, 9.17) is 0 Å². The third-order valence-corrected chi connectivity index (χ3v) is 5.37. The zero-order chi connectivity index (χ0) is 21.8. The highest BCUT2D eigenvalue weighted by atomic mass is 32.1. The predicted molar refractivity (Wildman–Crippen MR) is 113 cm³/mol. The Labute approximate surface area is 177 Å². The summed E-state index contributed by atoms with van der Waals surface area (Å²) >= 11 is 1.24. The molecule has 2 N–H and O–H groups in total. The number of carbonyl (C=O) groups excluding carboxylic acids is 2. The van der Waals surface area contributed by atoms with Gasteiger partial charge in [-0.1, -0.05) is 29.8 Å². The normalized spacial score (nSPS) is 11.8. The summed E-state index contributed by atoms with van der Waals surface area (Å²) in [5.41, 5.74) is 2.81. The van der Waals surface area contributed by atoms with Gasteiger partial charge in [0.15, 0.2) is 16.8 Å². The molecule has 0 radical (unpaired) electrons. The Hall–Kier alpha value is -3.13. The van der Waals surface area contributed by atoms with Gasteiger partial charge in [-0.25, -0.2) is 13.8 Å². The lowest BCUT2D eigenvalue weighted by molar-refractivity contribution is -0.120. The molecular weight excluding hydrogens is 408 g/mol. The minimum absolute atomic E-state index is 0.0295. The van der Waals surface area contributed by atoms with Gasteiger partial charge in [0, 0.05) is 17.4 Å². The average Bonchev–Trinajstić information content (AvgIpc) is 3.03. The van der Waals surface area contributed by atoms with E-state index in [0.717, 1.165) is 28.1 Å². The third kappa shape index (κ3) is 5.27. The molecule has 0 fully saturated rings. The maximum Gasteiger partial charge on any atom is 0.228 e. The lowest BCUT2D eigenvalue weighted by Gasteiger charge is -2.18. The van der Waals surface area contributed by atoms with Gasteiger partial charge in [-0.3, -0.25) is 9.59 Å². The van der Waals surface area contributed by atoms with Gasteiger partial charge in [-0.2, -0.15) is 0 Å². The van der Waals surface area contributed by atoms with Crippen LogP contribution < -0.4 is 10.6 Å². The van der Waals surface area contributed by atoms with Gasteiger partial charge in [-0.15, -0.1) is 11.3 Å². The lowest BCUT2D eigenvalue weighted by Crippen LogP contribution is -2.29. The molecule has 2 aromatic carbocycles. The molecule has 0 aliphatic heterocycles. The maximum atomic E-state index is 13.5. The van der Waals surface area contributed by atoms with Gasteiger partial charge in [0.05, 0.1) is 18.2 Å². The Bertz CT molecular complexity index is 1080. The van der Waals surface area contributed by atoms with Gasteiger partial charge in [0.25, 0.3) is 0 Å². The molecule has 0 spiro atoms. The molecule has 0 bridgehead atoms. The zero-order valence-corrected chi connectivity index (χ0v) is 17.6. The number of hydrogen-bond donors (Lipinski definition) is 2. The van der Waals surface area contributed by atoms with Crippen molar-refractivity contribution in [3.63, 3.8) is 0 Å². The Morgan fingerprint density at radius 3 is 2.40 bits per heavy atom. The first-order chi connectivity index (χ1) is 14.2. The number of nitrogens with zero attached hydrogens (tertiary/aromatic N) is 1. The molecule has 1 aromatic heterocycles. The summed E-state index contributed by atoms with van der Waals surface area (Å²) in [5.74, 6) is -2.44. The first-order valence-corrected chi connectivity index (χ1v) is 10.1. The summed E-state index contributed by atoms with van der Waals surface area (Å²) in [4.78, 5) is 29.3. The first-order valence-electron chi connectivity index (χ1n) is 9.29. The van der Waals surface area contributed by atoms with Crippen LogP contribution in [0.1, 0.15) is 35.4 Å². The number of carbonyl (C=O) groups is 2. The molecule has 1 unspecified atom stereocenters.